The van der Waals surface area contributed by atoms with Crippen molar-refractivity contribution in [3.8, 4) is 0 Å². The number of halogens is 1. The summed E-state index contributed by atoms with van der Waals surface area (Å²) in [5.41, 5.74) is 5.98. The van der Waals surface area contributed by atoms with Gasteiger partial charge in [0.15, 0.2) is 0 Å². The molecule has 1 saturated carbocycles. The second-order valence-electron chi connectivity index (χ2n) is 6.54. The van der Waals surface area contributed by atoms with Crippen molar-refractivity contribution in [1.82, 2.24) is 4.90 Å². The second kappa shape index (κ2) is 5.24. The number of amides is 3. The van der Waals surface area contributed by atoms with Crippen LogP contribution in [-0.4, -0.2) is 28.7 Å². The lowest BCUT2D eigenvalue weighted by Gasteiger charge is -2.48. The van der Waals surface area contributed by atoms with Crippen LogP contribution in [0.5, 0.6) is 0 Å². The number of carbonyl (C=O) groups is 3. The highest BCUT2D eigenvalue weighted by Gasteiger charge is 2.55. The predicted octanol–water partition coefficient (Wildman–Crippen LogP) is 2.01. The van der Waals surface area contributed by atoms with E-state index in [2.05, 4.69) is 0 Å². The summed E-state index contributed by atoms with van der Waals surface area (Å²) in [7, 11) is 0. The van der Waals surface area contributed by atoms with Crippen LogP contribution in [0, 0.1) is 5.82 Å². The number of fused-ring (bicyclic) bond motifs is 1. The Morgan fingerprint density at radius 2 is 1.52 bits per heavy atom. The molecule has 6 heteroatoms. The minimum atomic E-state index is -0.978. The molecule has 0 unspecified atom stereocenters. The second-order valence-corrected chi connectivity index (χ2v) is 6.54. The fourth-order valence-electron chi connectivity index (χ4n) is 3.81. The molecule has 0 radical (unpaired) electrons. The van der Waals surface area contributed by atoms with Gasteiger partial charge in [0.05, 0.1) is 16.5 Å². The van der Waals surface area contributed by atoms with Crippen LogP contribution in [0.1, 0.15) is 39.1 Å². The van der Waals surface area contributed by atoms with E-state index in [1.807, 2.05) is 0 Å². The molecule has 0 atom stereocenters. The first kappa shape index (κ1) is 15.5. The molecule has 0 aromatic heterocycles. The van der Waals surface area contributed by atoms with Crippen molar-refractivity contribution < 1.29 is 18.8 Å². The molecule has 126 valence electrons. The van der Waals surface area contributed by atoms with E-state index in [-0.39, 0.29) is 24.7 Å². The van der Waals surface area contributed by atoms with E-state index < -0.39 is 23.2 Å². The third-order valence-corrected chi connectivity index (χ3v) is 5.23. The van der Waals surface area contributed by atoms with Gasteiger partial charge in [-0.25, -0.2) is 4.39 Å². The van der Waals surface area contributed by atoms with Crippen molar-refractivity contribution in [2.24, 2.45) is 5.73 Å². The number of rotatable bonds is 3. The Morgan fingerprint density at radius 3 is 2.00 bits per heavy atom. The zero-order chi connectivity index (χ0) is 17.8. The Labute approximate surface area is 143 Å². The van der Waals surface area contributed by atoms with Gasteiger partial charge in [0.1, 0.15) is 5.82 Å². The lowest BCUT2D eigenvalue weighted by atomic mass is 9.60. The van der Waals surface area contributed by atoms with E-state index in [9.17, 15) is 18.8 Å². The largest absolute Gasteiger partial charge is 0.369 e. The van der Waals surface area contributed by atoms with Crippen molar-refractivity contribution in [3.05, 3.63) is 71.0 Å². The molecular formula is C19H15FN2O3. The summed E-state index contributed by atoms with van der Waals surface area (Å²) in [5, 5.41) is 0. The normalized spacial score (nSPS) is 24.8. The van der Waals surface area contributed by atoms with E-state index in [4.69, 9.17) is 5.73 Å². The van der Waals surface area contributed by atoms with Crippen LogP contribution in [0.4, 0.5) is 4.39 Å². The minimum absolute atomic E-state index is 0.249. The maximum absolute atomic E-state index is 13.2. The van der Waals surface area contributed by atoms with Gasteiger partial charge in [-0.1, -0.05) is 24.3 Å². The molecule has 1 fully saturated rings. The molecule has 2 N–H and O–H groups in total. The first-order chi connectivity index (χ1) is 11.9. The number of nitrogens with zero attached hydrogens (tertiary/aromatic N) is 1. The lowest BCUT2D eigenvalue weighted by molar-refractivity contribution is -0.128. The monoisotopic (exact) mass is 338 g/mol. The van der Waals surface area contributed by atoms with Crippen molar-refractivity contribution in [2.75, 3.05) is 0 Å². The summed E-state index contributed by atoms with van der Waals surface area (Å²) in [4.78, 5) is 38.4. The first-order valence-electron chi connectivity index (χ1n) is 7.97. The Hall–Kier alpha value is -3.02. The summed E-state index contributed by atoms with van der Waals surface area (Å²) in [6.07, 6.45) is 0.499. The number of benzene rings is 2. The molecule has 2 aliphatic rings. The van der Waals surface area contributed by atoms with Gasteiger partial charge >= 0.3 is 0 Å². The zero-order valence-electron chi connectivity index (χ0n) is 13.2. The number of carbonyl (C=O) groups excluding carboxylic acids is 3. The van der Waals surface area contributed by atoms with E-state index in [0.717, 1.165) is 0 Å². The molecule has 1 heterocycles. The highest BCUT2D eigenvalue weighted by atomic mass is 19.1. The maximum atomic E-state index is 13.2. The highest BCUT2D eigenvalue weighted by molar-refractivity contribution is 6.21. The fraction of sp³-hybridized carbons (Fsp3) is 0.211. The standard InChI is InChI=1S/C19H15FN2O3/c20-12-7-5-11(6-8-12)19(18(21)25)9-13(10-19)22-16(23)14-3-1-2-4-15(14)17(22)24/h1-8,13H,9-10H2,(H2,21,25). The van der Waals surface area contributed by atoms with Crippen LogP contribution in [-0.2, 0) is 10.2 Å². The van der Waals surface area contributed by atoms with Gasteiger partial charge in [0.25, 0.3) is 11.8 Å². The topological polar surface area (TPSA) is 80.5 Å². The number of hydrogen-bond donors (Lipinski definition) is 1. The van der Waals surface area contributed by atoms with Crippen LogP contribution in [0.25, 0.3) is 0 Å². The highest BCUT2D eigenvalue weighted by Crippen LogP contribution is 2.47. The van der Waals surface area contributed by atoms with Gasteiger partial charge in [0, 0.05) is 6.04 Å². The van der Waals surface area contributed by atoms with Gasteiger partial charge in [-0.3, -0.25) is 19.3 Å². The molecule has 0 spiro atoms. The molecule has 4 rings (SSSR count). The molecule has 5 nitrogen and oxygen atoms in total. The van der Waals surface area contributed by atoms with Gasteiger partial charge in [0.2, 0.25) is 5.91 Å². The third kappa shape index (κ3) is 2.10. The van der Waals surface area contributed by atoms with Crippen LogP contribution in [0.2, 0.25) is 0 Å². The van der Waals surface area contributed by atoms with Crippen LogP contribution < -0.4 is 5.73 Å². The third-order valence-electron chi connectivity index (χ3n) is 5.23. The van der Waals surface area contributed by atoms with E-state index in [1.54, 1.807) is 24.3 Å². The smallest absolute Gasteiger partial charge is 0.261 e. The maximum Gasteiger partial charge on any atom is 0.261 e. The number of hydrogen-bond acceptors (Lipinski definition) is 3. The summed E-state index contributed by atoms with van der Waals surface area (Å²) < 4.78 is 13.2. The Bertz CT molecular complexity index is 866. The molecular weight excluding hydrogens is 323 g/mol. The molecule has 0 bridgehead atoms. The average Bonchev–Trinajstić information content (AvgIpc) is 2.81. The van der Waals surface area contributed by atoms with E-state index in [1.165, 1.54) is 29.2 Å². The molecule has 3 amide bonds. The molecule has 2 aromatic rings. The first-order valence-corrected chi connectivity index (χ1v) is 7.97. The SMILES string of the molecule is NC(=O)C1(c2ccc(F)cc2)CC(N2C(=O)c3ccccc3C2=O)C1. The summed E-state index contributed by atoms with van der Waals surface area (Å²) in [6, 6.07) is 11.9. The van der Waals surface area contributed by atoms with Crippen LogP contribution >= 0.6 is 0 Å². The fourth-order valence-corrected chi connectivity index (χ4v) is 3.81. The summed E-state index contributed by atoms with van der Waals surface area (Å²) in [6.45, 7) is 0. The van der Waals surface area contributed by atoms with Gasteiger partial charge in [-0.15, -0.1) is 0 Å². The lowest BCUT2D eigenvalue weighted by Crippen LogP contribution is -2.60. The van der Waals surface area contributed by atoms with Gasteiger partial charge in [-0.05, 0) is 42.7 Å². The van der Waals surface area contributed by atoms with Gasteiger partial charge < -0.3 is 5.73 Å². The van der Waals surface area contributed by atoms with Crippen molar-refractivity contribution in [3.63, 3.8) is 0 Å². The number of nitrogens with two attached hydrogens (primary N) is 1. The average molecular weight is 338 g/mol. The summed E-state index contributed by atoms with van der Waals surface area (Å²) in [5.74, 6) is -1.63. The minimum Gasteiger partial charge on any atom is -0.369 e. The molecule has 1 aliphatic heterocycles. The van der Waals surface area contributed by atoms with Crippen LogP contribution in [0.3, 0.4) is 0 Å². The number of imide groups is 1. The Balaban J connectivity index is 1.62. The van der Waals surface area contributed by atoms with Crippen molar-refractivity contribution in [2.45, 2.75) is 24.3 Å². The van der Waals surface area contributed by atoms with Crippen molar-refractivity contribution >= 4 is 17.7 Å². The van der Waals surface area contributed by atoms with Crippen LogP contribution in [0.15, 0.2) is 48.5 Å². The molecule has 1 aliphatic carbocycles. The Morgan fingerprint density at radius 1 is 1.00 bits per heavy atom. The molecule has 25 heavy (non-hydrogen) atoms. The van der Waals surface area contributed by atoms with E-state index >= 15 is 0 Å². The quantitative estimate of drug-likeness (QED) is 0.869. The molecule has 0 saturated heterocycles. The molecule has 2 aromatic carbocycles. The summed E-state index contributed by atoms with van der Waals surface area (Å²) >= 11 is 0. The zero-order valence-corrected chi connectivity index (χ0v) is 13.2. The predicted molar refractivity (Wildman–Crippen MR) is 87.2 cm³/mol. The Kier molecular flexibility index (Phi) is 3.25. The number of primary amides is 1. The van der Waals surface area contributed by atoms with Crippen molar-refractivity contribution in [1.29, 1.82) is 0 Å². The van der Waals surface area contributed by atoms with E-state index in [0.29, 0.717) is 16.7 Å². The van der Waals surface area contributed by atoms with Gasteiger partial charge in [-0.2, -0.15) is 0 Å².